The van der Waals surface area contributed by atoms with Gasteiger partial charge in [0.1, 0.15) is 4.90 Å². The van der Waals surface area contributed by atoms with Gasteiger partial charge in [0, 0.05) is 6.54 Å². The van der Waals surface area contributed by atoms with Gasteiger partial charge in [-0.3, -0.25) is 0 Å². The highest BCUT2D eigenvalue weighted by Crippen LogP contribution is 2.28. The van der Waals surface area contributed by atoms with Gasteiger partial charge in [0.2, 0.25) is 10.0 Å². The van der Waals surface area contributed by atoms with E-state index in [0.717, 1.165) is 11.1 Å². The van der Waals surface area contributed by atoms with Crippen LogP contribution in [0.1, 0.15) is 11.1 Å². The molecule has 0 saturated carbocycles. The van der Waals surface area contributed by atoms with Crippen LogP contribution in [0.2, 0.25) is 10.0 Å². The number of rotatable bonds is 4. The van der Waals surface area contributed by atoms with Crippen molar-refractivity contribution in [1.29, 1.82) is 0 Å². The molecule has 0 heterocycles. The van der Waals surface area contributed by atoms with Crippen LogP contribution in [0.25, 0.3) is 0 Å². The lowest BCUT2D eigenvalue weighted by Crippen LogP contribution is -2.24. The van der Waals surface area contributed by atoms with E-state index in [1.54, 1.807) is 6.07 Å². The summed E-state index contributed by atoms with van der Waals surface area (Å²) < 4.78 is 27.1. The molecule has 0 bridgehead atoms. The molecule has 2 aromatic carbocycles. The molecule has 0 saturated heterocycles. The molecule has 0 amide bonds. The van der Waals surface area contributed by atoms with Crippen LogP contribution < -0.4 is 4.72 Å². The average molecular weight is 330 g/mol. The van der Waals surface area contributed by atoms with Crippen molar-refractivity contribution in [2.75, 3.05) is 0 Å². The van der Waals surface area contributed by atoms with E-state index in [-0.39, 0.29) is 21.5 Å². The van der Waals surface area contributed by atoms with E-state index in [0.29, 0.717) is 0 Å². The van der Waals surface area contributed by atoms with Crippen LogP contribution in [0.5, 0.6) is 0 Å². The summed E-state index contributed by atoms with van der Waals surface area (Å²) in [6.45, 7) is 2.11. The Morgan fingerprint density at radius 3 is 2.20 bits per heavy atom. The first-order chi connectivity index (χ1) is 9.42. The van der Waals surface area contributed by atoms with E-state index in [1.807, 2.05) is 31.2 Å². The number of halogens is 2. The maximum atomic E-state index is 12.3. The predicted octanol–water partition coefficient (Wildman–Crippen LogP) is 3.78. The number of sulfonamides is 1. The highest BCUT2D eigenvalue weighted by atomic mass is 35.5. The summed E-state index contributed by atoms with van der Waals surface area (Å²) in [6.07, 6.45) is 0. The summed E-state index contributed by atoms with van der Waals surface area (Å²) in [7, 11) is -3.75. The molecule has 0 fully saturated rings. The van der Waals surface area contributed by atoms with E-state index in [9.17, 15) is 8.42 Å². The minimum Gasteiger partial charge on any atom is -0.207 e. The highest BCUT2D eigenvalue weighted by molar-refractivity contribution is 7.89. The third-order valence-corrected chi connectivity index (χ3v) is 5.26. The normalized spacial score (nSPS) is 11.6. The second-order valence-corrected chi connectivity index (χ2v) is 6.82. The molecule has 0 aromatic heterocycles. The summed E-state index contributed by atoms with van der Waals surface area (Å²) in [6, 6.07) is 12.1. The van der Waals surface area contributed by atoms with E-state index >= 15 is 0 Å². The van der Waals surface area contributed by atoms with Crippen molar-refractivity contribution in [2.24, 2.45) is 0 Å². The van der Waals surface area contributed by atoms with Gasteiger partial charge in [0.25, 0.3) is 0 Å². The Morgan fingerprint density at radius 2 is 1.60 bits per heavy atom. The van der Waals surface area contributed by atoms with E-state index in [1.165, 1.54) is 12.1 Å². The van der Waals surface area contributed by atoms with E-state index in [2.05, 4.69) is 4.72 Å². The molecule has 3 nitrogen and oxygen atoms in total. The fourth-order valence-electron chi connectivity index (χ4n) is 1.79. The number of nitrogens with one attached hydrogen (secondary N) is 1. The lowest BCUT2D eigenvalue weighted by molar-refractivity contribution is 0.581. The van der Waals surface area contributed by atoms with Gasteiger partial charge in [-0.2, -0.15) is 0 Å². The maximum Gasteiger partial charge on any atom is 0.243 e. The fraction of sp³-hybridized carbons (Fsp3) is 0.143. The zero-order valence-corrected chi connectivity index (χ0v) is 13.1. The van der Waals surface area contributed by atoms with Crippen molar-refractivity contribution in [3.05, 3.63) is 63.6 Å². The first kappa shape index (κ1) is 15.3. The molecular weight excluding hydrogens is 317 g/mol. The molecule has 2 rings (SSSR count). The van der Waals surface area contributed by atoms with Gasteiger partial charge in [-0.05, 0) is 30.2 Å². The Morgan fingerprint density at radius 1 is 1.00 bits per heavy atom. The van der Waals surface area contributed by atoms with Crippen LogP contribution in [-0.4, -0.2) is 8.42 Å². The summed E-state index contributed by atoms with van der Waals surface area (Å²) in [4.78, 5) is -0.0862. The zero-order chi connectivity index (χ0) is 14.8. The summed E-state index contributed by atoms with van der Waals surface area (Å²) >= 11 is 11.8. The van der Waals surface area contributed by atoms with Crippen molar-refractivity contribution in [2.45, 2.75) is 18.4 Å². The number of hydrogen-bond acceptors (Lipinski definition) is 2. The molecule has 1 N–H and O–H groups in total. The van der Waals surface area contributed by atoms with Gasteiger partial charge in [0.05, 0.1) is 10.0 Å². The van der Waals surface area contributed by atoms with Crippen LogP contribution in [0.4, 0.5) is 0 Å². The minimum absolute atomic E-state index is 0.0862. The van der Waals surface area contributed by atoms with Crippen molar-refractivity contribution >= 4 is 33.2 Å². The minimum atomic E-state index is -3.75. The Kier molecular flexibility index (Phi) is 4.70. The molecule has 2 aromatic rings. The standard InChI is InChI=1S/C14H13Cl2NO2S/c1-10-5-2-3-6-11(10)9-17-20(18,19)14-12(15)7-4-8-13(14)16/h2-8,17H,9H2,1H3. The Hall–Kier alpha value is -1.07. The molecule has 0 aliphatic heterocycles. The van der Waals surface area contributed by atoms with E-state index in [4.69, 9.17) is 23.2 Å². The van der Waals surface area contributed by atoms with Crippen molar-refractivity contribution < 1.29 is 8.42 Å². The third-order valence-electron chi connectivity index (χ3n) is 2.90. The lowest BCUT2D eigenvalue weighted by Gasteiger charge is -2.11. The Balaban J connectivity index is 2.27. The van der Waals surface area contributed by atoms with Gasteiger partial charge in [-0.1, -0.05) is 53.5 Å². The lowest BCUT2D eigenvalue weighted by atomic mass is 10.1. The van der Waals surface area contributed by atoms with Crippen LogP contribution in [0.15, 0.2) is 47.4 Å². The first-order valence-electron chi connectivity index (χ1n) is 5.90. The molecule has 0 radical (unpaired) electrons. The number of aryl methyl sites for hydroxylation is 1. The van der Waals surface area contributed by atoms with Crippen LogP contribution in [0.3, 0.4) is 0 Å². The zero-order valence-electron chi connectivity index (χ0n) is 10.7. The molecule has 0 spiro atoms. The van der Waals surface area contributed by atoms with Crippen LogP contribution >= 0.6 is 23.2 Å². The van der Waals surface area contributed by atoms with Gasteiger partial charge in [-0.15, -0.1) is 0 Å². The second-order valence-electron chi connectivity index (χ2n) is 4.30. The molecule has 6 heteroatoms. The smallest absolute Gasteiger partial charge is 0.207 e. The molecule has 0 aliphatic rings. The molecule has 0 atom stereocenters. The molecule has 0 aliphatic carbocycles. The summed E-state index contributed by atoms with van der Waals surface area (Å²) in [5.41, 5.74) is 1.92. The largest absolute Gasteiger partial charge is 0.243 e. The number of benzene rings is 2. The average Bonchev–Trinajstić information content (AvgIpc) is 2.37. The first-order valence-corrected chi connectivity index (χ1v) is 8.14. The van der Waals surface area contributed by atoms with Crippen LogP contribution in [-0.2, 0) is 16.6 Å². The van der Waals surface area contributed by atoms with E-state index < -0.39 is 10.0 Å². The molecule has 20 heavy (non-hydrogen) atoms. The maximum absolute atomic E-state index is 12.3. The highest BCUT2D eigenvalue weighted by Gasteiger charge is 2.21. The van der Waals surface area contributed by atoms with Gasteiger partial charge >= 0.3 is 0 Å². The van der Waals surface area contributed by atoms with Crippen LogP contribution in [0, 0.1) is 6.92 Å². The Labute approximate surface area is 128 Å². The van der Waals surface area contributed by atoms with Gasteiger partial charge in [-0.25, -0.2) is 13.1 Å². The SMILES string of the molecule is Cc1ccccc1CNS(=O)(=O)c1c(Cl)cccc1Cl. The summed E-state index contributed by atoms with van der Waals surface area (Å²) in [5.74, 6) is 0. The topological polar surface area (TPSA) is 46.2 Å². The van der Waals surface area contributed by atoms with Crippen molar-refractivity contribution in [1.82, 2.24) is 4.72 Å². The second kappa shape index (κ2) is 6.14. The third kappa shape index (κ3) is 3.33. The van der Waals surface area contributed by atoms with Crippen molar-refractivity contribution in [3.63, 3.8) is 0 Å². The monoisotopic (exact) mass is 329 g/mol. The molecule has 0 unspecified atom stereocenters. The van der Waals surface area contributed by atoms with Crippen molar-refractivity contribution in [3.8, 4) is 0 Å². The Bertz CT molecular complexity index is 709. The summed E-state index contributed by atoms with van der Waals surface area (Å²) in [5, 5.41) is 0.213. The quantitative estimate of drug-likeness (QED) is 0.927. The molecular formula is C14H13Cl2NO2S. The van der Waals surface area contributed by atoms with Gasteiger partial charge < -0.3 is 0 Å². The van der Waals surface area contributed by atoms with Gasteiger partial charge in [0.15, 0.2) is 0 Å². The molecule has 106 valence electrons. The predicted molar refractivity (Wildman–Crippen MR) is 81.7 cm³/mol. The fourth-order valence-corrected chi connectivity index (χ4v) is 3.94. The number of hydrogen-bond donors (Lipinski definition) is 1.